The third kappa shape index (κ3) is 3.44. The summed E-state index contributed by atoms with van der Waals surface area (Å²) in [6.45, 7) is -0.115. The Bertz CT molecular complexity index is 840. The molecule has 1 aromatic carbocycles. The molecule has 0 atom stereocenters. The number of hydrogen-bond donors (Lipinski definition) is 0. The number of rotatable bonds is 3. The minimum atomic E-state index is -4.62. The first-order valence-electron chi connectivity index (χ1n) is 6.26. The predicted molar refractivity (Wildman–Crippen MR) is 90.5 cm³/mol. The van der Waals surface area contributed by atoms with Crippen LogP contribution in [0.15, 0.2) is 21.2 Å². The van der Waals surface area contributed by atoms with Gasteiger partial charge in [0.1, 0.15) is 23.9 Å². The molecule has 9 heteroatoms. The number of ether oxygens (including phenoxy) is 1. The lowest BCUT2D eigenvalue weighted by Crippen LogP contribution is -2.11. The second-order valence-electron chi connectivity index (χ2n) is 4.64. The summed E-state index contributed by atoms with van der Waals surface area (Å²) in [4.78, 5) is 0. The van der Waals surface area contributed by atoms with Crippen LogP contribution in [0.5, 0.6) is 5.75 Å². The van der Waals surface area contributed by atoms with Crippen LogP contribution in [0.3, 0.4) is 0 Å². The van der Waals surface area contributed by atoms with Crippen molar-refractivity contribution in [1.82, 2.24) is 4.57 Å². The molecule has 2 nitrogen and oxygen atoms in total. The fourth-order valence-corrected chi connectivity index (χ4v) is 4.07. The maximum atomic E-state index is 14.3. The molecule has 1 aromatic heterocycles. The van der Waals surface area contributed by atoms with Crippen LogP contribution in [0.25, 0.3) is 11.1 Å². The van der Waals surface area contributed by atoms with Crippen molar-refractivity contribution < 1.29 is 22.3 Å². The minimum absolute atomic E-state index is 0.00968. The quantitative estimate of drug-likeness (QED) is 0.379. The van der Waals surface area contributed by atoms with Gasteiger partial charge >= 0.3 is 6.18 Å². The van der Waals surface area contributed by atoms with Crippen molar-refractivity contribution in [3.8, 4) is 29.2 Å². The average Bonchev–Trinajstić information content (AvgIpc) is 2.68. The van der Waals surface area contributed by atoms with Gasteiger partial charge < -0.3 is 9.30 Å². The van der Waals surface area contributed by atoms with Crippen LogP contribution >= 0.6 is 43.5 Å². The summed E-state index contributed by atoms with van der Waals surface area (Å²) >= 11 is 11.9. The number of nitrogens with zero attached hydrogens (tertiary/aromatic N) is 1. The molecule has 0 unspecified atom stereocenters. The normalized spacial score (nSPS) is 11.5. The Labute approximate surface area is 157 Å². The molecule has 24 heavy (non-hydrogen) atoms. The number of terminal acetylenes is 1. The fourth-order valence-electron chi connectivity index (χ4n) is 2.12. The lowest BCUT2D eigenvalue weighted by Gasteiger charge is -2.10. The Morgan fingerprint density at radius 1 is 1.33 bits per heavy atom. The Balaban J connectivity index is 2.72. The first-order valence-corrected chi connectivity index (χ1v) is 8.22. The summed E-state index contributed by atoms with van der Waals surface area (Å²) in [5, 5.41) is -0.0364. The number of halogens is 7. The van der Waals surface area contributed by atoms with E-state index in [-0.39, 0.29) is 37.6 Å². The lowest BCUT2D eigenvalue weighted by atomic mass is 10.1. The zero-order valence-corrected chi connectivity index (χ0v) is 15.9. The predicted octanol–water partition coefficient (Wildman–Crippen LogP) is 6.04. The molecule has 0 fully saturated rings. The third-order valence-corrected chi connectivity index (χ3v) is 5.13. The van der Waals surface area contributed by atoms with Gasteiger partial charge in [-0.15, -0.1) is 6.42 Å². The first kappa shape index (κ1) is 19.2. The van der Waals surface area contributed by atoms with Crippen molar-refractivity contribution >= 4 is 43.5 Å². The van der Waals surface area contributed by atoms with Crippen LogP contribution in [0.1, 0.15) is 5.69 Å². The summed E-state index contributed by atoms with van der Waals surface area (Å²) in [5.74, 6) is 1.50. The van der Waals surface area contributed by atoms with Gasteiger partial charge in [0.25, 0.3) is 0 Å². The van der Waals surface area contributed by atoms with E-state index >= 15 is 0 Å². The summed E-state index contributed by atoms with van der Waals surface area (Å²) < 4.78 is 59.7. The molecule has 128 valence electrons. The molecule has 0 N–H and O–H groups in total. The monoisotopic (exact) mass is 487 g/mol. The maximum absolute atomic E-state index is 14.3. The van der Waals surface area contributed by atoms with Crippen LogP contribution in [-0.4, -0.2) is 11.2 Å². The summed E-state index contributed by atoms with van der Waals surface area (Å²) in [6, 6.07) is 2.17. The molecular formula is C15H8Br2ClF4NO. The van der Waals surface area contributed by atoms with Gasteiger partial charge in [0.15, 0.2) is 0 Å². The second kappa shape index (κ2) is 6.98. The Kier molecular flexibility index (Phi) is 5.57. The van der Waals surface area contributed by atoms with E-state index in [9.17, 15) is 17.6 Å². The van der Waals surface area contributed by atoms with E-state index in [1.165, 1.54) is 13.1 Å². The van der Waals surface area contributed by atoms with Crippen molar-refractivity contribution in [2.24, 2.45) is 7.05 Å². The van der Waals surface area contributed by atoms with Crippen molar-refractivity contribution in [2.45, 2.75) is 6.18 Å². The highest BCUT2D eigenvalue weighted by atomic mass is 79.9. The van der Waals surface area contributed by atoms with Crippen LogP contribution in [0, 0.1) is 18.2 Å². The van der Waals surface area contributed by atoms with Gasteiger partial charge in [-0.05, 0) is 44.0 Å². The van der Waals surface area contributed by atoms with E-state index in [2.05, 4.69) is 37.8 Å². The van der Waals surface area contributed by atoms with Gasteiger partial charge in [0.05, 0.1) is 14.1 Å². The van der Waals surface area contributed by atoms with Crippen LogP contribution < -0.4 is 4.74 Å². The van der Waals surface area contributed by atoms with E-state index in [0.29, 0.717) is 0 Å². The van der Waals surface area contributed by atoms with E-state index in [0.717, 1.165) is 10.6 Å². The largest absolute Gasteiger partial charge is 0.479 e. The maximum Gasteiger partial charge on any atom is 0.432 e. The Morgan fingerprint density at radius 3 is 2.46 bits per heavy atom. The minimum Gasteiger partial charge on any atom is -0.479 e. The van der Waals surface area contributed by atoms with Gasteiger partial charge in [-0.3, -0.25) is 0 Å². The molecule has 0 radical (unpaired) electrons. The Hall–Kier alpha value is -1.17. The zero-order valence-electron chi connectivity index (χ0n) is 11.9. The zero-order chi connectivity index (χ0) is 18.2. The van der Waals surface area contributed by atoms with Crippen molar-refractivity contribution in [1.29, 1.82) is 0 Å². The molecule has 0 spiro atoms. The van der Waals surface area contributed by atoms with E-state index in [1.807, 2.05) is 0 Å². The SMILES string of the molecule is C#CCOc1cc(-c2c(Br)c(C(F)(F)F)n(C)c2Br)c(F)cc1Cl. The summed E-state index contributed by atoms with van der Waals surface area (Å²) in [7, 11) is 1.21. The number of hydrogen-bond acceptors (Lipinski definition) is 1. The van der Waals surface area contributed by atoms with E-state index < -0.39 is 17.7 Å². The molecular weight excluding hydrogens is 481 g/mol. The van der Waals surface area contributed by atoms with Crippen molar-refractivity contribution in [3.05, 3.63) is 37.7 Å². The highest BCUT2D eigenvalue weighted by Crippen LogP contribution is 2.47. The molecule has 1 heterocycles. The fraction of sp³-hybridized carbons (Fsp3) is 0.200. The first-order chi connectivity index (χ1) is 11.1. The number of aromatic nitrogens is 1. The second-order valence-corrected chi connectivity index (χ2v) is 6.59. The van der Waals surface area contributed by atoms with Crippen molar-refractivity contribution in [2.75, 3.05) is 6.61 Å². The van der Waals surface area contributed by atoms with Crippen LogP contribution in [-0.2, 0) is 13.2 Å². The van der Waals surface area contributed by atoms with E-state index in [1.54, 1.807) is 0 Å². The average molecular weight is 489 g/mol. The van der Waals surface area contributed by atoms with Gasteiger partial charge in [-0.1, -0.05) is 17.5 Å². The number of benzene rings is 1. The molecule has 2 rings (SSSR count). The summed E-state index contributed by atoms with van der Waals surface area (Å²) in [5.41, 5.74) is -1.08. The molecule has 0 aliphatic rings. The van der Waals surface area contributed by atoms with E-state index in [4.69, 9.17) is 22.8 Å². The van der Waals surface area contributed by atoms with Gasteiger partial charge in [0, 0.05) is 18.2 Å². The Morgan fingerprint density at radius 2 is 1.96 bits per heavy atom. The standard InChI is InChI=1S/C15H8Br2ClF4NO/c1-3-4-24-10-5-7(9(19)6-8(10)18)11-12(16)13(15(20,21)22)23(2)14(11)17/h1,5-6H,4H2,2H3. The molecule has 0 saturated carbocycles. The van der Waals surface area contributed by atoms with Crippen molar-refractivity contribution in [3.63, 3.8) is 0 Å². The number of alkyl halides is 3. The van der Waals surface area contributed by atoms with Crippen LogP contribution in [0.2, 0.25) is 5.02 Å². The topological polar surface area (TPSA) is 14.2 Å². The highest BCUT2D eigenvalue weighted by Gasteiger charge is 2.39. The van der Waals surface area contributed by atoms with Gasteiger partial charge in [-0.25, -0.2) is 4.39 Å². The molecule has 0 saturated heterocycles. The molecule has 0 aliphatic heterocycles. The lowest BCUT2D eigenvalue weighted by molar-refractivity contribution is -0.143. The third-order valence-electron chi connectivity index (χ3n) is 3.13. The molecule has 0 amide bonds. The van der Waals surface area contributed by atoms with Crippen LogP contribution in [0.4, 0.5) is 17.6 Å². The smallest absolute Gasteiger partial charge is 0.432 e. The summed E-state index contributed by atoms with van der Waals surface area (Å²) in [6.07, 6.45) is 0.464. The molecule has 2 aromatic rings. The highest BCUT2D eigenvalue weighted by molar-refractivity contribution is 9.11. The molecule has 0 aliphatic carbocycles. The molecule has 0 bridgehead atoms. The van der Waals surface area contributed by atoms with Gasteiger partial charge in [0.2, 0.25) is 0 Å². The van der Waals surface area contributed by atoms with Gasteiger partial charge in [-0.2, -0.15) is 13.2 Å².